The predicted molar refractivity (Wildman–Crippen MR) is 52.8 cm³/mol. The van der Waals surface area contributed by atoms with Crippen LogP contribution in [-0.2, 0) is 0 Å². The molecule has 1 aromatic carbocycles. The van der Waals surface area contributed by atoms with E-state index >= 15 is 0 Å². The Morgan fingerprint density at radius 2 is 2.23 bits per heavy atom. The maximum Gasteiger partial charge on any atom is 0.0745 e. The lowest BCUT2D eigenvalue weighted by atomic mass is 9.95. The molecule has 0 aliphatic carbocycles. The second-order valence-corrected chi connectivity index (χ2v) is 3.75. The van der Waals surface area contributed by atoms with Gasteiger partial charge in [0.2, 0.25) is 0 Å². The molecule has 0 radical (unpaired) electrons. The van der Waals surface area contributed by atoms with Gasteiger partial charge in [-0.25, -0.2) is 0 Å². The molecule has 0 spiro atoms. The molecule has 70 valence electrons. The van der Waals surface area contributed by atoms with E-state index in [1.54, 1.807) is 0 Å². The van der Waals surface area contributed by atoms with Crippen LogP contribution in [0.25, 0.3) is 0 Å². The first-order valence-electron chi connectivity index (χ1n) is 4.73. The molecule has 2 atom stereocenters. The summed E-state index contributed by atoms with van der Waals surface area (Å²) in [5, 5.41) is 12.9. The zero-order valence-corrected chi connectivity index (χ0v) is 7.83. The quantitative estimate of drug-likeness (QED) is 0.672. The highest BCUT2D eigenvalue weighted by Gasteiger charge is 2.25. The Morgan fingerprint density at radius 3 is 2.85 bits per heavy atom. The van der Waals surface area contributed by atoms with Gasteiger partial charge in [-0.3, -0.25) is 0 Å². The average Bonchev–Trinajstić information content (AvgIpc) is 2.51. The fourth-order valence-electron chi connectivity index (χ4n) is 1.91. The van der Waals surface area contributed by atoms with Gasteiger partial charge in [-0.15, -0.1) is 0 Å². The molecule has 0 aromatic heterocycles. The van der Waals surface area contributed by atoms with Gasteiger partial charge in [0, 0.05) is 19.0 Å². The third-order valence-corrected chi connectivity index (χ3v) is 2.65. The molecule has 1 heterocycles. The normalized spacial score (nSPS) is 27.8. The summed E-state index contributed by atoms with van der Waals surface area (Å²) in [7, 11) is 0. The largest absolute Gasteiger partial charge is 0.391 e. The van der Waals surface area contributed by atoms with Crippen molar-refractivity contribution in [1.29, 1.82) is 0 Å². The number of hydrogen-bond acceptors (Lipinski definition) is 2. The number of aliphatic hydroxyl groups is 1. The van der Waals surface area contributed by atoms with Crippen molar-refractivity contribution in [3.05, 3.63) is 35.4 Å². The maximum atomic E-state index is 9.67. The summed E-state index contributed by atoms with van der Waals surface area (Å²) in [6.45, 7) is 3.70. The molecule has 0 unspecified atom stereocenters. The fraction of sp³-hybridized carbons (Fsp3) is 0.455. The molecule has 2 N–H and O–H groups in total. The number of hydrogen-bond donors (Lipinski definition) is 2. The van der Waals surface area contributed by atoms with Crippen LogP contribution in [0.3, 0.4) is 0 Å². The topological polar surface area (TPSA) is 32.3 Å². The van der Waals surface area contributed by atoms with E-state index in [4.69, 9.17) is 0 Å². The lowest BCUT2D eigenvalue weighted by molar-refractivity contribution is 0.178. The van der Waals surface area contributed by atoms with Crippen molar-refractivity contribution in [2.24, 2.45) is 0 Å². The van der Waals surface area contributed by atoms with Gasteiger partial charge in [0.1, 0.15) is 0 Å². The fourth-order valence-corrected chi connectivity index (χ4v) is 1.91. The number of nitrogens with one attached hydrogen (secondary N) is 1. The highest BCUT2D eigenvalue weighted by molar-refractivity contribution is 5.27. The zero-order valence-electron chi connectivity index (χ0n) is 7.83. The summed E-state index contributed by atoms with van der Waals surface area (Å²) in [5.41, 5.74) is 2.51. The third kappa shape index (κ3) is 1.74. The van der Waals surface area contributed by atoms with Crippen LogP contribution in [0.1, 0.15) is 17.0 Å². The molecule has 1 aliphatic rings. The number of β-amino-alcohol motifs (C(OH)–C–C–N with tert-alkyl or cyclic N) is 1. The Balaban J connectivity index is 2.24. The molecular formula is C11H15NO. The van der Waals surface area contributed by atoms with E-state index in [1.165, 1.54) is 11.1 Å². The van der Waals surface area contributed by atoms with E-state index in [0.717, 1.165) is 13.1 Å². The van der Waals surface area contributed by atoms with Crippen molar-refractivity contribution >= 4 is 0 Å². The van der Waals surface area contributed by atoms with E-state index in [1.807, 2.05) is 0 Å². The second kappa shape index (κ2) is 3.48. The van der Waals surface area contributed by atoms with Crippen LogP contribution in [0.2, 0.25) is 0 Å². The molecule has 1 aliphatic heterocycles. The Morgan fingerprint density at radius 1 is 1.38 bits per heavy atom. The first-order valence-corrected chi connectivity index (χ1v) is 4.73. The van der Waals surface area contributed by atoms with Gasteiger partial charge in [0.15, 0.2) is 0 Å². The lowest BCUT2D eigenvalue weighted by Crippen LogP contribution is -2.16. The van der Waals surface area contributed by atoms with Gasteiger partial charge < -0.3 is 10.4 Å². The zero-order chi connectivity index (χ0) is 9.26. The Kier molecular flexibility index (Phi) is 2.34. The first kappa shape index (κ1) is 8.73. The molecule has 0 amide bonds. The molecule has 1 saturated heterocycles. The minimum atomic E-state index is -0.221. The monoisotopic (exact) mass is 177 g/mol. The van der Waals surface area contributed by atoms with E-state index in [2.05, 4.69) is 36.5 Å². The van der Waals surface area contributed by atoms with Crippen LogP contribution < -0.4 is 5.32 Å². The summed E-state index contributed by atoms with van der Waals surface area (Å²) in [4.78, 5) is 0. The molecule has 2 rings (SSSR count). The van der Waals surface area contributed by atoms with Crippen LogP contribution in [-0.4, -0.2) is 24.3 Å². The van der Waals surface area contributed by atoms with Crippen molar-refractivity contribution < 1.29 is 5.11 Å². The first-order chi connectivity index (χ1) is 6.27. The average molecular weight is 177 g/mol. The summed E-state index contributed by atoms with van der Waals surface area (Å²) in [6.07, 6.45) is -0.221. The van der Waals surface area contributed by atoms with Crippen LogP contribution in [0, 0.1) is 6.92 Å². The predicted octanol–water partition coefficient (Wildman–Crippen LogP) is 1.04. The molecule has 0 saturated carbocycles. The maximum absolute atomic E-state index is 9.67. The van der Waals surface area contributed by atoms with Gasteiger partial charge in [-0.1, -0.05) is 29.8 Å². The highest BCUT2D eigenvalue weighted by atomic mass is 16.3. The highest BCUT2D eigenvalue weighted by Crippen LogP contribution is 2.23. The van der Waals surface area contributed by atoms with Gasteiger partial charge >= 0.3 is 0 Å². The van der Waals surface area contributed by atoms with Crippen molar-refractivity contribution in [3.8, 4) is 0 Å². The Labute approximate surface area is 78.6 Å². The van der Waals surface area contributed by atoms with Gasteiger partial charge in [0.05, 0.1) is 6.10 Å². The van der Waals surface area contributed by atoms with Crippen molar-refractivity contribution in [1.82, 2.24) is 5.32 Å². The molecule has 13 heavy (non-hydrogen) atoms. The molecule has 2 nitrogen and oxygen atoms in total. The third-order valence-electron chi connectivity index (χ3n) is 2.65. The molecule has 0 bridgehead atoms. The van der Waals surface area contributed by atoms with Crippen LogP contribution in [0.15, 0.2) is 24.3 Å². The summed E-state index contributed by atoms with van der Waals surface area (Å²) >= 11 is 0. The van der Waals surface area contributed by atoms with E-state index < -0.39 is 0 Å². The number of rotatable bonds is 1. The number of benzene rings is 1. The second-order valence-electron chi connectivity index (χ2n) is 3.75. The number of aliphatic hydroxyl groups excluding tert-OH is 1. The SMILES string of the molecule is Cc1cccc([C@@H]2CNC[C@H]2O)c1. The standard InChI is InChI=1S/C11H15NO/c1-8-3-2-4-9(5-8)10-6-12-7-11(10)13/h2-5,10-13H,6-7H2,1H3/t10-,11+/m0/s1. The van der Waals surface area contributed by atoms with Crippen molar-refractivity contribution in [2.75, 3.05) is 13.1 Å². The molecular weight excluding hydrogens is 162 g/mol. The summed E-state index contributed by atoms with van der Waals surface area (Å²) < 4.78 is 0. The lowest BCUT2D eigenvalue weighted by Gasteiger charge is -2.13. The van der Waals surface area contributed by atoms with Crippen LogP contribution >= 0.6 is 0 Å². The van der Waals surface area contributed by atoms with Crippen molar-refractivity contribution in [3.63, 3.8) is 0 Å². The van der Waals surface area contributed by atoms with Gasteiger partial charge in [-0.05, 0) is 12.5 Å². The molecule has 1 aromatic rings. The van der Waals surface area contributed by atoms with Crippen LogP contribution in [0.5, 0.6) is 0 Å². The van der Waals surface area contributed by atoms with Gasteiger partial charge in [-0.2, -0.15) is 0 Å². The minimum absolute atomic E-state index is 0.221. The summed E-state index contributed by atoms with van der Waals surface area (Å²) in [6, 6.07) is 8.38. The van der Waals surface area contributed by atoms with Crippen LogP contribution in [0.4, 0.5) is 0 Å². The van der Waals surface area contributed by atoms with Crippen molar-refractivity contribution in [2.45, 2.75) is 18.9 Å². The van der Waals surface area contributed by atoms with E-state index in [0.29, 0.717) is 0 Å². The minimum Gasteiger partial charge on any atom is -0.391 e. The molecule has 1 fully saturated rings. The van der Waals surface area contributed by atoms with E-state index in [-0.39, 0.29) is 12.0 Å². The Bertz CT molecular complexity index is 298. The summed E-state index contributed by atoms with van der Waals surface area (Å²) in [5.74, 6) is 0.278. The number of aryl methyl sites for hydroxylation is 1. The van der Waals surface area contributed by atoms with Gasteiger partial charge in [0.25, 0.3) is 0 Å². The van der Waals surface area contributed by atoms with E-state index in [9.17, 15) is 5.11 Å². The smallest absolute Gasteiger partial charge is 0.0745 e. The molecule has 2 heteroatoms. The Hall–Kier alpha value is -0.860.